The third-order valence-electron chi connectivity index (χ3n) is 2.53. The average molecular weight is 227 g/mol. The van der Waals surface area contributed by atoms with Gasteiger partial charge in [0.05, 0.1) is 6.04 Å². The lowest BCUT2D eigenvalue weighted by atomic mass is 10.0. The number of aromatic nitrogens is 2. The molecule has 1 atom stereocenters. The van der Waals surface area contributed by atoms with E-state index in [0.29, 0.717) is 17.6 Å². The van der Waals surface area contributed by atoms with Crippen molar-refractivity contribution in [3.05, 3.63) is 11.7 Å². The first-order valence-corrected chi connectivity index (χ1v) is 5.51. The predicted molar refractivity (Wildman–Crippen MR) is 60.7 cm³/mol. The summed E-state index contributed by atoms with van der Waals surface area (Å²) < 4.78 is 10.4. The minimum Gasteiger partial charge on any atom is -0.371 e. The van der Waals surface area contributed by atoms with Gasteiger partial charge in [-0.05, 0) is 26.2 Å². The summed E-state index contributed by atoms with van der Waals surface area (Å²) >= 11 is 0. The van der Waals surface area contributed by atoms with Crippen molar-refractivity contribution in [2.24, 2.45) is 11.7 Å². The van der Waals surface area contributed by atoms with Crippen LogP contribution in [0.25, 0.3) is 0 Å². The predicted octanol–water partition coefficient (Wildman–Crippen LogP) is 2.00. The summed E-state index contributed by atoms with van der Waals surface area (Å²) in [6.07, 6.45) is 0.828. The van der Waals surface area contributed by atoms with Crippen LogP contribution in [-0.2, 0) is 10.3 Å². The van der Waals surface area contributed by atoms with Crippen LogP contribution in [-0.4, -0.2) is 17.3 Å². The Kier molecular flexibility index (Phi) is 4.04. The minimum absolute atomic E-state index is 0.200. The Labute approximate surface area is 96.4 Å². The van der Waals surface area contributed by atoms with Crippen LogP contribution in [0, 0.1) is 5.92 Å². The molecular weight excluding hydrogens is 206 g/mol. The number of ether oxygens (including phenoxy) is 1. The molecule has 0 saturated heterocycles. The molecule has 0 bridgehead atoms. The smallest absolute Gasteiger partial charge is 0.243 e. The van der Waals surface area contributed by atoms with Gasteiger partial charge in [0.25, 0.3) is 0 Å². The molecule has 1 unspecified atom stereocenters. The maximum absolute atomic E-state index is 5.96. The van der Waals surface area contributed by atoms with Gasteiger partial charge in [-0.2, -0.15) is 4.98 Å². The van der Waals surface area contributed by atoms with Crippen molar-refractivity contribution in [2.75, 3.05) is 7.11 Å². The summed E-state index contributed by atoms with van der Waals surface area (Å²) in [4.78, 5) is 4.28. The van der Waals surface area contributed by atoms with Gasteiger partial charge in [-0.1, -0.05) is 19.0 Å². The van der Waals surface area contributed by atoms with E-state index in [1.165, 1.54) is 0 Å². The van der Waals surface area contributed by atoms with E-state index in [9.17, 15) is 0 Å². The summed E-state index contributed by atoms with van der Waals surface area (Å²) in [7, 11) is 1.62. The normalized spacial score (nSPS) is 14.4. The zero-order chi connectivity index (χ0) is 12.3. The summed E-state index contributed by atoms with van der Waals surface area (Å²) in [5.41, 5.74) is 5.41. The van der Waals surface area contributed by atoms with Crippen LogP contribution in [0.1, 0.15) is 51.9 Å². The van der Waals surface area contributed by atoms with Gasteiger partial charge in [0.15, 0.2) is 0 Å². The minimum atomic E-state index is -0.542. The lowest BCUT2D eigenvalue weighted by Crippen LogP contribution is -2.21. The van der Waals surface area contributed by atoms with Gasteiger partial charge in [-0.3, -0.25) is 0 Å². The molecule has 0 aromatic carbocycles. The molecule has 1 heterocycles. The molecule has 92 valence electrons. The van der Waals surface area contributed by atoms with E-state index in [-0.39, 0.29) is 6.04 Å². The SMILES string of the molecule is COC(C)(C)c1noc(C(N)CC(C)C)n1. The number of hydrogen-bond acceptors (Lipinski definition) is 5. The van der Waals surface area contributed by atoms with Crippen LogP contribution in [0.2, 0.25) is 0 Å². The monoisotopic (exact) mass is 227 g/mol. The molecule has 16 heavy (non-hydrogen) atoms. The van der Waals surface area contributed by atoms with Crippen molar-refractivity contribution < 1.29 is 9.26 Å². The van der Waals surface area contributed by atoms with Gasteiger partial charge in [0, 0.05) is 7.11 Å². The van der Waals surface area contributed by atoms with Gasteiger partial charge < -0.3 is 15.0 Å². The highest BCUT2D eigenvalue weighted by molar-refractivity contribution is 4.99. The molecule has 0 saturated carbocycles. The van der Waals surface area contributed by atoms with E-state index in [4.69, 9.17) is 15.0 Å². The number of hydrogen-bond donors (Lipinski definition) is 1. The lowest BCUT2D eigenvalue weighted by molar-refractivity contribution is 0.00973. The number of rotatable bonds is 5. The highest BCUT2D eigenvalue weighted by Gasteiger charge is 2.27. The Balaban J connectivity index is 2.79. The first-order valence-electron chi connectivity index (χ1n) is 5.51. The summed E-state index contributed by atoms with van der Waals surface area (Å²) in [5.74, 6) is 1.51. The van der Waals surface area contributed by atoms with Crippen molar-refractivity contribution in [3.63, 3.8) is 0 Å². The van der Waals surface area contributed by atoms with Crippen molar-refractivity contribution in [3.8, 4) is 0 Å². The Morgan fingerprint density at radius 2 is 2.06 bits per heavy atom. The maximum atomic E-state index is 5.96. The Hall–Kier alpha value is -0.940. The van der Waals surface area contributed by atoms with E-state index in [0.717, 1.165) is 6.42 Å². The average Bonchev–Trinajstić information content (AvgIpc) is 2.66. The Morgan fingerprint density at radius 1 is 1.44 bits per heavy atom. The molecule has 1 rings (SSSR count). The second kappa shape index (κ2) is 4.93. The topological polar surface area (TPSA) is 74.2 Å². The fourth-order valence-corrected chi connectivity index (χ4v) is 1.33. The van der Waals surface area contributed by atoms with Crippen molar-refractivity contribution in [1.29, 1.82) is 0 Å². The molecule has 0 aliphatic carbocycles. The van der Waals surface area contributed by atoms with Gasteiger partial charge in [0.1, 0.15) is 5.60 Å². The number of nitrogens with two attached hydrogens (primary N) is 1. The first-order chi connectivity index (χ1) is 7.36. The molecule has 0 amide bonds. The molecule has 0 aliphatic rings. The summed E-state index contributed by atoms with van der Waals surface area (Å²) in [6.45, 7) is 7.98. The third kappa shape index (κ3) is 3.02. The van der Waals surface area contributed by atoms with E-state index in [1.54, 1.807) is 7.11 Å². The molecule has 1 aromatic heterocycles. The van der Waals surface area contributed by atoms with Crippen molar-refractivity contribution >= 4 is 0 Å². The van der Waals surface area contributed by atoms with Crippen LogP contribution in [0.5, 0.6) is 0 Å². The number of methoxy groups -OCH3 is 1. The second-order valence-corrected chi connectivity index (χ2v) is 4.91. The fraction of sp³-hybridized carbons (Fsp3) is 0.818. The molecule has 2 N–H and O–H groups in total. The molecule has 5 heteroatoms. The molecule has 0 fully saturated rings. The molecule has 0 spiro atoms. The van der Waals surface area contributed by atoms with Crippen molar-refractivity contribution in [1.82, 2.24) is 10.1 Å². The first kappa shape index (κ1) is 13.1. The van der Waals surface area contributed by atoms with E-state index in [1.807, 2.05) is 13.8 Å². The highest BCUT2D eigenvalue weighted by Crippen LogP contribution is 2.23. The van der Waals surface area contributed by atoms with E-state index < -0.39 is 5.60 Å². The van der Waals surface area contributed by atoms with Crippen LogP contribution < -0.4 is 5.73 Å². The van der Waals surface area contributed by atoms with Gasteiger partial charge in [0.2, 0.25) is 11.7 Å². The maximum Gasteiger partial charge on any atom is 0.243 e. The third-order valence-corrected chi connectivity index (χ3v) is 2.53. The number of nitrogens with zero attached hydrogens (tertiary/aromatic N) is 2. The summed E-state index contributed by atoms with van der Waals surface area (Å²) in [6, 6.07) is -0.200. The van der Waals surface area contributed by atoms with Gasteiger partial charge >= 0.3 is 0 Å². The highest BCUT2D eigenvalue weighted by atomic mass is 16.5. The van der Waals surface area contributed by atoms with Crippen LogP contribution in [0.15, 0.2) is 4.52 Å². The van der Waals surface area contributed by atoms with Crippen molar-refractivity contribution in [2.45, 2.75) is 45.8 Å². The van der Waals surface area contributed by atoms with E-state index >= 15 is 0 Å². The van der Waals surface area contributed by atoms with Crippen LogP contribution in [0.4, 0.5) is 0 Å². The quantitative estimate of drug-likeness (QED) is 0.832. The molecular formula is C11H21N3O2. The van der Waals surface area contributed by atoms with Crippen LogP contribution >= 0.6 is 0 Å². The Bertz CT molecular complexity index is 334. The van der Waals surface area contributed by atoms with Gasteiger partial charge in [-0.15, -0.1) is 0 Å². The van der Waals surface area contributed by atoms with Crippen LogP contribution in [0.3, 0.4) is 0 Å². The fourth-order valence-electron chi connectivity index (χ4n) is 1.33. The van der Waals surface area contributed by atoms with Gasteiger partial charge in [-0.25, -0.2) is 0 Å². The molecule has 5 nitrogen and oxygen atoms in total. The van der Waals surface area contributed by atoms with E-state index in [2.05, 4.69) is 24.0 Å². The summed E-state index contributed by atoms with van der Waals surface area (Å²) in [5, 5.41) is 3.90. The molecule has 0 aliphatic heterocycles. The second-order valence-electron chi connectivity index (χ2n) is 4.91. The molecule has 0 radical (unpaired) electrons. The lowest BCUT2D eigenvalue weighted by Gasteiger charge is -2.17. The Morgan fingerprint density at radius 3 is 2.56 bits per heavy atom. The zero-order valence-corrected chi connectivity index (χ0v) is 10.7. The largest absolute Gasteiger partial charge is 0.371 e. The molecule has 1 aromatic rings. The standard InChI is InChI=1S/C11H21N3O2/c1-7(2)6-8(12)9-13-10(14-16-9)11(3,4)15-5/h7-8H,6,12H2,1-5H3. The zero-order valence-electron chi connectivity index (χ0n) is 10.7.